The van der Waals surface area contributed by atoms with Gasteiger partial charge in [0.05, 0.1) is 18.2 Å². The highest BCUT2D eigenvalue weighted by molar-refractivity contribution is 6.08. The van der Waals surface area contributed by atoms with Crippen molar-refractivity contribution in [3.63, 3.8) is 0 Å². The zero-order chi connectivity index (χ0) is 11.3. The lowest BCUT2D eigenvalue weighted by molar-refractivity contribution is -0.131. The van der Waals surface area contributed by atoms with Crippen molar-refractivity contribution in [1.82, 2.24) is 0 Å². The molecule has 0 bridgehead atoms. The Morgan fingerprint density at radius 3 is 2.62 bits per heavy atom. The number of carbonyl (C=O) groups excluding carboxylic acids is 1. The van der Waals surface area contributed by atoms with Gasteiger partial charge >= 0.3 is 0 Å². The second-order valence-electron chi connectivity index (χ2n) is 4.68. The van der Waals surface area contributed by atoms with Gasteiger partial charge in [-0.3, -0.25) is 4.79 Å². The largest absolute Gasteiger partial charge is 0.495 e. The van der Waals surface area contributed by atoms with Crippen LogP contribution in [0.2, 0.25) is 0 Å². The summed E-state index contributed by atoms with van der Waals surface area (Å²) in [6.45, 7) is 2.13. The maximum atomic E-state index is 12.1. The molecule has 1 saturated heterocycles. The number of nitrogens with zero attached hydrogens (tertiary/aromatic N) is 1. The first kappa shape index (κ1) is 9.70. The van der Waals surface area contributed by atoms with Gasteiger partial charge in [0.15, 0.2) is 0 Å². The number of anilines is 1. The van der Waals surface area contributed by atoms with Gasteiger partial charge in [-0.1, -0.05) is 12.1 Å². The molecule has 1 aromatic rings. The molecule has 3 nitrogen and oxygen atoms in total. The predicted molar refractivity (Wildman–Crippen MR) is 61.6 cm³/mol. The van der Waals surface area contributed by atoms with Gasteiger partial charge in [0.25, 0.3) is 0 Å². The van der Waals surface area contributed by atoms with Crippen LogP contribution in [0, 0.1) is 5.41 Å². The van der Waals surface area contributed by atoms with E-state index >= 15 is 0 Å². The summed E-state index contributed by atoms with van der Waals surface area (Å²) in [6.07, 6.45) is 2.11. The molecule has 0 aromatic heterocycles. The van der Waals surface area contributed by atoms with E-state index in [4.69, 9.17) is 4.74 Å². The molecular weight excluding hydrogens is 202 g/mol. The minimum atomic E-state index is -0.0130. The first-order valence-electron chi connectivity index (χ1n) is 5.67. The SMILES string of the molecule is COc1ccccc1N1C(=O)C2(CC2)C1C. The van der Waals surface area contributed by atoms with E-state index in [0.717, 1.165) is 24.3 Å². The van der Waals surface area contributed by atoms with E-state index in [-0.39, 0.29) is 11.3 Å². The fourth-order valence-electron chi connectivity index (χ4n) is 2.69. The van der Waals surface area contributed by atoms with Crippen LogP contribution in [-0.4, -0.2) is 19.1 Å². The molecule has 1 saturated carbocycles. The van der Waals surface area contributed by atoms with Crippen LogP contribution in [0.5, 0.6) is 5.75 Å². The molecule has 16 heavy (non-hydrogen) atoms. The summed E-state index contributed by atoms with van der Waals surface area (Å²) in [5, 5.41) is 0. The number of methoxy groups -OCH3 is 1. The van der Waals surface area contributed by atoms with Gasteiger partial charge in [0.2, 0.25) is 5.91 Å². The van der Waals surface area contributed by atoms with Gasteiger partial charge in [0, 0.05) is 6.04 Å². The van der Waals surface area contributed by atoms with Gasteiger partial charge in [-0.2, -0.15) is 0 Å². The summed E-state index contributed by atoms with van der Waals surface area (Å²) in [5.41, 5.74) is 0.890. The molecule has 1 aliphatic carbocycles. The Kier molecular flexibility index (Phi) is 1.82. The van der Waals surface area contributed by atoms with E-state index in [1.807, 2.05) is 29.2 Å². The molecule has 1 heterocycles. The molecule has 1 unspecified atom stereocenters. The maximum Gasteiger partial charge on any atom is 0.235 e. The van der Waals surface area contributed by atoms with Crippen LogP contribution < -0.4 is 9.64 Å². The molecule has 84 valence electrons. The molecular formula is C13H15NO2. The van der Waals surface area contributed by atoms with Crippen molar-refractivity contribution in [2.24, 2.45) is 5.41 Å². The number of benzene rings is 1. The van der Waals surface area contributed by atoms with Crippen LogP contribution in [0.1, 0.15) is 19.8 Å². The van der Waals surface area contributed by atoms with Crippen LogP contribution in [0.4, 0.5) is 5.69 Å². The summed E-state index contributed by atoms with van der Waals surface area (Å²) in [6, 6.07) is 8.02. The summed E-state index contributed by atoms with van der Waals surface area (Å²) < 4.78 is 5.29. The highest BCUT2D eigenvalue weighted by Crippen LogP contribution is 2.60. The van der Waals surface area contributed by atoms with E-state index in [1.54, 1.807) is 7.11 Å². The monoisotopic (exact) mass is 217 g/mol. The minimum Gasteiger partial charge on any atom is -0.495 e. The van der Waals surface area contributed by atoms with E-state index < -0.39 is 0 Å². The van der Waals surface area contributed by atoms with Crippen molar-refractivity contribution >= 4 is 11.6 Å². The number of hydrogen-bond acceptors (Lipinski definition) is 2. The average molecular weight is 217 g/mol. The summed E-state index contributed by atoms with van der Waals surface area (Å²) >= 11 is 0. The van der Waals surface area contributed by atoms with Crippen LogP contribution in [-0.2, 0) is 4.79 Å². The smallest absolute Gasteiger partial charge is 0.235 e. The lowest BCUT2D eigenvalue weighted by atomic mass is 9.84. The van der Waals surface area contributed by atoms with Crippen molar-refractivity contribution in [2.75, 3.05) is 12.0 Å². The molecule has 0 N–H and O–H groups in total. The normalized spacial score (nSPS) is 25.5. The van der Waals surface area contributed by atoms with Crippen molar-refractivity contribution < 1.29 is 9.53 Å². The third-order valence-corrected chi connectivity index (χ3v) is 3.97. The fraction of sp³-hybridized carbons (Fsp3) is 0.462. The Morgan fingerprint density at radius 1 is 1.38 bits per heavy atom. The molecule has 2 fully saturated rings. The van der Waals surface area contributed by atoms with Crippen LogP contribution in [0.15, 0.2) is 24.3 Å². The highest BCUT2D eigenvalue weighted by atomic mass is 16.5. The predicted octanol–water partition coefficient (Wildman–Crippen LogP) is 2.21. The number of amides is 1. The van der Waals surface area contributed by atoms with Crippen LogP contribution in [0.25, 0.3) is 0 Å². The van der Waals surface area contributed by atoms with Crippen molar-refractivity contribution in [1.29, 1.82) is 0 Å². The lowest BCUT2D eigenvalue weighted by Crippen LogP contribution is -2.61. The Morgan fingerprint density at radius 2 is 2.06 bits per heavy atom. The summed E-state index contributed by atoms with van der Waals surface area (Å²) in [5.74, 6) is 1.04. The zero-order valence-electron chi connectivity index (χ0n) is 9.56. The third kappa shape index (κ3) is 1.01. The second kappa shape index (κ2) is 3.00. The maximum absolute atomic E-state index is 12.1. The van der Waals surface area contributed by atoms with E-state index in [0.29, 0.717) is 6.04 Å². The Balaban J connectivity index is 1.96. The number of β-lactam (4-membered cyclic amide) rings is 1. The van der Waals surface area contributed by atoms with Crippen molar-refractivity contribution in [3.05, 3.63) is 24.3 Å². The second-order valence-corrected chi connectivity index (χ2v) is 4.68. The van der Waals surface area contributed by atoms with Crippen LogP contribution in [0.3, 0.4) is 0 Å². The minimum absolute atomic E-state index is 0.0130. The van der Waals surface area contributed by atoms with Gasteiger partial charge in [-0.05, 0) is 31.9 Å². The zero-order valence-corrected chi connectivity index (χ0v) is 9.56. The number of ether oxygens (including phenoxy) is 1. The quantitative estimate of drug-likeness (QED) is 0.711. The summed E-state index contributed by atoms with van der Waals surface area (Å²) in [4.78, 5) is 14.0. The van der Waals surface area contributed by atoms with E-state index in [1.165, 1.54) is 0 Å². The fourth-order valence-corrected chi connectivity index (χ4v) is 2.69. The third-order valence-electron chi connectivity index (χ3n) is 3.97. The molecule has 0 radical (unpaired) electrons. The Hall–Kier alpha value is -1.51. The van der Waals surface area contributed by atoms with Gasteiger partial charge in [-0.15, -0.1) is 0 Å². The molecule has 1 amide bonds. The van der Waals surface area contributed by atoms with E-state index in [2.05, 4.69) is 6.92 Å². The topological polar surface area (TPSA) is 29.5 Å². The Labute approximate surface area is 95.0 Å². The van der Waals surface area contributed by atoms with Crippen LogP contribution >= 0.6 is 0 Å². The standard InChI is InChI=1S/C13H15NO2/c1-9-13(7-8-13)12(15)14(9)10-5-3-4-6-11(10)16-2/h3-6,9H,7-8H2,1-2H3. The molecule has 1 spiro atoms. The van der Waals surface area contributed by atoms with E-state index in [9.17, 15) is 4.79 Å². The van der Waals surface area contributed by atoms with Gasteiger partial charge in [0.1, 0.15) is 5.75 Å². The molecule has 3 rings (SSSR count). The number of hydrogen-bond donors (Lipinski definition) is 0. The summed E-state index contributed by atoms with van der Waals surface area (Å²) in [7, 11) is 1.64. The number of carbonyl (C=O) groups is 1. The number of para-hydroxylation sites is 2. The van der Waals surface area contributed by atoms with Crippen molar-refractivity contribution in [3.8, 4) is 5.75 Å². The average Bonchev–Trinajstić information content (AvgIpc) is 3.12. The molecule has 1 atom stereocenters. The first-order valence-corrected chi connectivity index (χ1v) is 5.67. The van der Waals surface area contributed by atoms with Gasteiger partial charge < -0.3 is 9.64 Å². The molecule has 1 aromatic carbocycles. The molecule has 1 aliphatic heterocycles. The first-order chi connectivity index (χ1) is 7.70. The molecule has 2 aliphatic rings. The van der Waals surface area contributed by atoms with Gasteiger partial charge in [-0.25, -0.2) is 0 Å². The van der Waals surface area contributed by atoms with Crippen molar-refractivity contribution in [2.45, 2.75) is 25.8 Å². The lowest BCUT2D eigenvalue weighted by Gasteiger charge is -2.46. The highest BCUT2D eigenvalue weighted by Gasteiger charge is 2.66. The molecule has 3 heteroatoms. The Bertz CT molecular complexity index is 451. The number of rotatable bonds is 2.